The largest absolute Gasteiger partial charge is 0.469 e. The van der Waals surface area contributed by atoms with Gasteiger partial charge in [-0.1, -0.05) is 44.2 Å². The van der Waals surface area contributed by atoms with Crippen molar-refractivity contribution in [3.05, 3.63) is 83.3 Å². The normalized spacial score (nSPS) is 12.3. The lowest BCUT2D eigenvalue weighted by Gasteiger charge is -2.13. The Bertz CT molecular complexity index is 1180. The van der Waals surface area contributed by atoms with Crippen molar-refractivity contribution in [2.24, 2.45) is 0 Å². The quantitative estimate of drug-likeness (QED) is 0.331. The molecule has 3 aromatic rings. The van der Waals surface area contributed by atoms with E-state index < -0.39 is 17.9 Å². The Labute approximate surface area is 199 Å². The Kier molecular flexibility index (Phi) is 8.18. The van der Waals surface area contributed by atoms with E-state index in [2.05, 4.69) is 23.2 Å². The topological polar surface area (TPSA) is 68.5 Å². The van der Waals surface area contributed by atoms with Gasteiger partial charge in [0.05, 0.1) is 18.9 Å². The summed E-state index contributed by atoms with van der Waals surface area (Å²) in [6.07, 6.45) is 1.77. The summed E-state index contributed by atoms with van der Waals surface area (Å²) in [6, 6.07) is 16.2. The van der Waals surface area contributed by atoms with Crippen molar-refractivity contribution in [2.45, 2.75) is 45.6 Å². The molecule has 1 N–H and O–H groups in total. The molecule has 0 amide bonds. The zero-order chi connectivity index (χ0) is 24.8. The number of ketones is 1. The highest BCUT2D eigenvalue weighted by atomic mass is 19.1. The van der Waals surface area contributed by atoms with Gasteiger partial charge in [-0.25, -0.2) is 4.39 Å². The maximum Gasteiger partial charge on any atom is 0.313 e. The van der Waals surface area contributed by atoms with Crippen LogP contribution in [0.3, 0.4) is 0 Å². The van der Waals surface area contributed by atoms with E-state index in [1.54, 1.807) is 18.2 Å². The lowest BCUT2D eigenvalue weighted by molar-refractivity contribution is -0.143. The minimum absolute atomic E-state index is 0.168. The van der Waals surface area contributed by atoms with Crippen LogP contribution in [0.2, 0.25) is 0 Å². The van der Waals surface area contributed by atoms with Gasteiger partial charge < -0.3 is 14.4 Å². The minimum atomic E-state index is -1.06. The van der Waals surface area contributed by atoms with E-state index in [-0.39, 0.29) is 24.6 Å². The minimum Gasteiger partial charge on any atom is -0.469 e. The van der Waals surface area contributed by atoms with Gasteiger partial charge in [-0.2, -0.15) is 0 Å². The summed E-state index contributed by atoms with van der Waals surface area (Å²) in [5, 5.41) is 10.5. The molecule has 0 spiro atoms. The number of esters is 1. The Morgan fingerprint density at radius 3 is 2.32 bits per heavy atom. The highest BCUT2D eigenvalue weighted by molar-refractivity contribution is 5.95. The molecular weight excluding hydrogens is 433 g/mol. The van der Waals surface area contributed by atoms with Crippen LogP contribution in [-0.2, 0) is 14.3 Å². The fraction of sp³-hybridized carbons (Fsp3) is 0.286. The molecule has 3 rings (SSSR count). The predicted octanol–water partition coefficient (Wildman–Crippen LogP) is 5.61. The summed E-state index contributed by atoms with van der Waals surface area (Å²) in [5.41, 5.74) is 5.69. The molecular formula is C28H30FNO4. The Hall–Kier alpha value is -3.51. The fourth-order valence-electron chi connectivity index (χ4n) is 4.23. The van der Waals surface area contributed by atoms with Crippen LogP contribution >= 0.6 is 0 Å². The third kappa shape index (κ3) is 5.69. The standard InChI is InChI=1S/C28H30FNO4/c1-18(2)27-19(3)30(22-8-6-5-7-9-22)28(20-10-12-21(29)13-11-20)25(27)15-14-23(31)16-24(32)17-26(33)34-4/h5-15,18,23,31H,16-17H2,1-4H3/b15-14+. The van der Waals surface area contributed by atoms with Gasteiger partial charge in [0.25, 0.3) is 0 Å². The number of rotatable bonds is 9. The molecule has 1 aromatic heterocycles. The summed E-state index contributed by atoms with van der Waals surface area (Å²) in [5.74, 6) is -1.18. The molecule has 34 heavy (non-hydrogen) atoms. The van der Waals surface area contributed by atoms with E-state index in [4.69, 9.17) is 0 Å². The number of halogens is 1. The number of carbonyl (C=O) groups is 2. The number of hydrogen-bond acceptors (Lipinski definition) is 4. The van der Waals surface area contributed by atoms with E-state index in [0.717, 1.165) is 33.8 Å². The summed E-state index contributed by atoms with van der Waals surface area (Å²) in [6.45, 7) is 6.24. The molecule has 0 saturated carbocycles. The van der Waals surface area contributed by atoms with Gasteiger partial charge in [-0.05, 0) is 60.4 Å². The van der Waals surface area contributed by atoms with Gasteiger partial charge in [-0.15, -0.1) is 0 Å². The number of aliphatic hydroxyl groups is 1. The number of Topliss-reactive ketones (excluding diaryl/α,β-unsaturated/α-hetero) is 1. The summed E-state index contributed by atoms with van der Waals surface area (Å²) in [4.78, 5) is 23.4. The molecule has 1 heterocycles. The average molecular weight is 464 g/mol. The van der Waals surface area contributed by atoms with Crippen molar-refractivity contribution in [3.63, 3.8) is 0 Å². The number of nitrogens with zero attached hydrogens (tertiary/aromatic N) is 1. The van der Waals surface area contributed by atoms with Gasteiger partial charge in [0.2, 0.25) is 0 Å². The van der Waals surface area contributed by atoms with Crippen LogP contribution in [0.5, 0.6) is 0 Å². The van der Waals surface area contributed by atoms with Crippen LogP contribution in [0.4, 0.5) is 4.39 Å². The number of carbonyl (C=O) groups excluding carboxylic acids is 2. The van der Waals surface area contributed by atoms with Crippen LogP contribution in [0.25, 0.3) is 23.0 Å². The van der Waals surface area contributed by atoms with Gasteiger partial charge in [-0.3, -0.25) is 9.59 Å². The second-order valence-electron chi connectivity index (χ2n) is 8.52. The molecule has 0 aliphatic carbocycles. The molecule has 0 aliphatic heterocycles. The smallest absolute Gasteiger partial charge is 0.313 e. The first-order chi connectivity index (χ1) is 16.2. The highest BCUT2D eigenvalue weighted by Crippen LogP contribution is 2.39. The lowest BCUT2D eigenvalue weighted by Crippen LogP contribution is -2.15. The predicted molar refractivity (Wildman–Crippen MR) is 131 cm³/mol. The number of para-hydroxylation sites is 1. The van der Waals surface area contributed by atoms with Crippen LogP contribution in [0, 0.1) is 12.7 Å². The zero-order valence-electron chi connectivity index (χ0n) is 19.9. The number of aliphatic hydroxyl groups excluding tert-OH is 1. The number of ether oxygens (including phenoxy) is 1. The first-order valence-corrected chi connectivity index (χ1v) is 11.2. The first-order valence-electron chi connectivity index (χ1n) is 11.2. The monoisotopic (exact) mass is 463 g/mol. The molecule has 0 aliphatic rings. The number of benzene rings is 2. The van der Waals surface area contributed by atoms with E-state index in [1.807, 2.05) is 43.3 Å². The highest BCUT2D eigenvalue weighted by Gasteiger charge is 2.23. The van der Waals surface area contributed by atoms with Crippen molar-refractivity contribution < 1.29 is 23.8 Å². The second kappa shape index (κ2) is 11.1. The third-order valence-electron chi connectivity index (χ3n) is 5.69. The molecule has 6 heteroatoms. The van der Waals surface area contributed by atoms with Crippen LogP contribution in [0.15, 0.2) is 60.7 Å². The summed E-state index contributed by atoms with van der Waals surface area (Å²) < 4.78 is 20.4. The van der Waals surface area contributed by atoms with Crippen molar-refractivity contribution in [3.8, 4) is 16.9 Å². The van der Waals surface area contributed by atoms with Crippen LogP contribution < -0.4 is 0 Å². The van der Waals surface area contributed by atoms with Crippen molar-refractivity contribution >= 4 is 17.8 Å². The van der Waals surface area contributed by atoms with Crippen LogP contribution in [0.1, 0.15) is 49.4 Å². The van der Waals surface area contributed by atoms with Crippen molar-refractivity contribution in [2.75, 3.05) is 7.11 Å². The first kappa shape index (κ1) is 25.1. The Morgan fingerprint density at radius 1 is 1.09 bits per heavy atom. The number of aromatic nitrogens is 1. The summed E-state index contributed by atoms with van der Waals surface area (Å²) in [7, 11) is 1.22. The molecule has 1 unspecified atom stereocenters. The van der Waals surface area contributed by atoms with Crippen LogP contribution in [-0.4, -0.2) is 34.6 Å². The molecule has 2 aromatic carbocycles. The molecule has 0 radical (unpaired) electrons. The maximum absolute atomic E-state index is 13.7. The second-order valence-corrected chi connectivity index (χ2v) is 8.52. The third-order valence-corrected chi connectivity index (χ3v) is 5.69. The van der Waals surface area contributed by atoms with Crippen molar-refractivity contribution in [1.29, 1.82) is 0 Å². The Balaban J connectivity index is 2.11. The molecule has 5 nitrogen and oxygen atoms in total. The lowest BCUT2D eigenvalue weighted by atomic mass is 9.95. The molecule has 0 fully saturated rings. The summed E-state index contributed by atoms with van der Waals surface area (Å²) >= 11 is 0. The molecule has 0 saturated heterocycles. The van der Waals surface area contributed by atoms with E-state index >= 15 is 0 Å². The molecule has 178 valence electrons. The van der Waals surface area contributed by atoms with Crippen molar-refractivity contribution in [1.82, 2.24) is 4.57 Å². The number of hydrogen-bond donors (Lipinski definition) is 1. The molecule has 0 bridgehead atoms. The van der Waals surface area contributed by atoms with E-state index in [1.165, 1.54) is 19.2 Å². The fourth-order valence-corrected chi connectivity index (χ4v) is 4.23. The number of methoxy groups -OCH3 is 1. The van der Waals surface area contributed by atoms with Gasteiger partial charge >= 0.3 is 5.97 Å². The maximum atomic E-state index is 13.7. The van der Waals surface area contributed by atoms with Gasteiger partial charge in [0, 0.05) is 23.4 Å². The average Bonchev–Trinajstić information content (AvgIpc) is 3.10. The Morgan fingerprint density at radius 2 is 1.74 bits per heavy atom. The van der Waals surface area contributed by atoms with E-state index in [0.29, 0.717) is 0 Å². The van der Waals surface area contributed by atoms with Gasteiger partial charge in [0.15, 0.2) is 0 Å². The van der Waals surface area contributed by atoms with Gasteiger partial charge in [0.1, 0.15) is 18.0 Å². The SMILES string of the molecule is COC(=O)CC(=O)CC(O)/C=C/c1c(C(C)C)c(C)n(-c2ccccc2)c1-c1ccc(F)cc1. The van der Waals surface area contributed by atoms with E-state index in [9.17, 15) is 19.1 Å². The zero-order valence-corrected chi connectivity index (χ0v) is 19.9. The molecule has 1 atom stereocenters.